The van der Waals surface area contributed by atoms with E-state index in [2.05, 4.69) is 0 Å². The zero-order chi connectivity index (χ0) is 15.9. The molecule has 0 saturated heterocycles. The summed E-state index contributed by atoms with van der Waals surface area (Å²) in [6.07, 6.45) is 1.33. The van der Waals surface area contributed by atoms with Crippen molar-refractivity contribution in [2.45, 2.75) is 25.9 Å². The number of aryl methyl sites for hydroxylation is 1. The molecule has 0 amide bonds. The number of nitro groups is 1. The molecule has 0 radical (unpaired) electrons. The van der Waals surface area contributed by atoms with E-state index in [0.29, 0.717) is 5.56 Å². The second kappa shape index (κ2) is 7.36. The van der Waals surface area contributed by atoms with Crippen molar-refractivity contribution in [1.29, 1.82) is 0 Å². The fraction of sp³-hybridized carbons (Fsp3) is 0.235. The van der Waals surface area contributed by atoms with Crippen LogP contribution < -0.4 is 0 Å². The van der Waals surface area contributed by atoms with Crippen LogP contribution in [0.15, 0.2) is 54.6 Å². The Hall–Kier alpha value is -2.69. The van der Waals surface area contributed by atoms with E-state index < -0.39 is 10.9 Å². The first-order valence-corrected chi connectivity index (χ1v) is 7.05. The smallest absolute Gasteiger partial charge is 0.338 e. The molecular formula is C17H17NO4. The number of benzene rings is 2. The van der Waals surface area contributed by atoms with Gasteiger partial charge in [0.25, 0.3) is 5.69 Å². The van der Waals surface area contributed by atoms with Crippen molar-refractivity contribution in [1.82, 2.24) is 0 Å². The van der Waals surface area contributed by atoms with Crippen molar-refractivity contribution in [2.24, 2.45) is 0 Å². The van der Waals surface area contributed by atoms with Crippen molar-refractivity contribution in [3.05, 3.63) is 75.8 Å². The third-order valence-corrected chi connectivity index (χ3v) is 3.30. The molecule has 0 fully saturated rings. The van der Waals surface area contributed by atoms with E-state index >= 15 is 0 Å². The molecule has 0 N–H and O–H groups in total. The summed E-state index contributed by atoms with van der Waals surface area (Å²) in [5.74, 6) is -0.463. The first-order chi connectivity index (χ1) is 10.6. The number of hydrogen-bond acceptors (Lipinski definition) is 4. The molecular weight excluding hydrogens is 282 g/mol. The fourth-order valence-electron chi connectivity index (χ4n) is 2.04. The predicted octanol–water partition coefficient (Wildman–Crippen LogP) is 3.77. The monoisotopic (exact) mass is 299 g/mol. The first-order valence-electron chi connectivity index (χ1n) is 7.05. The Morgan fingerprint density at radius 3 is 2.36 bits per heavy atom. The lowest BCUT2D eigenvalue weighted by molar-refractivity contribution is -0.384. The molecule has 0 aromatic heterocycles. The molecule has 5 heteroatoms. The number of ether oxygens (including phenoxy) is 1. The Morgan fingerprint density at radius 2 is 1.77 bits per heavy atom. The number of carbonyl (C=O) groups is 1. The zero-order valence-corrected chi connectivity index (χ0v) is 12.3. The normalized spacial score (nSPS) is 11.7. The number of non-ortho nitro benzene ring substituents is 1. The average molecular weight is 299 g/mol. The molecule has 1 unspecified atom stereocenters. The van der Waals surface area contributed by atoms with Crippen molar-refractivity contribution < 1.29 is 14.5 Å². The van der Waals surface area contributed by atoms with Crippen molar-refractivity contribution >= 4 is 11.7 Å². The fourth-order valence-corrected chi connectivity index (χ4v) is 2.04. The molecule has 0 saturated carbocycles. The van der Waals surface area contributed by atoms with E-state index in [1.54, 1.807) is 0 Å². The summed E-state index contributed by atoms with van der Waals surface area (Å²) in [5, 5.41) is 10.6. The maximum atomic E-state index is 12.0. The molecule has 2 rings (SSSR count). The van der Waals surface area contributed by atoms with Gasteiger partial charge in [0.1, 0.15) is 0 Å². The van der Waals surface area contributed by atoms with Gasteiger partial charge in [0.2, 0.25) is 0 Å². The molecule has 0 aliphatic heterocycles. The third kappa shape index (κ3) is 4.41. The van der Waals surface area contributed by atoms with Gasteiger partial charge in [-0.25, -0.2) is 4.79 Å². The van der Waals surface area contributed by atoms with E-state index in [-0.39, 0.29) is 11.8 Å². The van der Waals surface area contributed by atoms with Crippen molar-refractivity contribution in [3.63, 3.8) is 0 Å². The minimum absolute atomic E-state index is 0.0475. The highest BCUT2D eigenvalue weighted by Gasteiger charge is 2.13. The molecule has 0 heterocycles. The van der Waals surface area contributed by atoms with Crippen LogP contribution in [0.3, 0.4) is 0 Å². The second-order valence-electron chi connectivity index (χ2n) is 5.04. The van der Waals surface area contributed by atoms with Crippen LogP contribution in [-0.2, 0) is 11.2 Å². The van der Waals surface area contributed by atoms with Gasteiger partial charge < -0.3 is 4.74 Å². The van der Waals surface area contributed by atoms with Crippen LogP contribution in [0, 0.1) is 10.1 Å². The van der Waals surface area contributed by atoms with Crippen LogP contribution in [0.4, 0.5) is 5.69 Å². The zero-order valence-electron chi connectivity index (χ0n) is 12.3. The van der Waals surface area contributed by atoms with Gasteiger partial charge >= 0.3 is 5.97 Å². The van der Waals surface area contributed by atoms with Gasteiger partial charge in [-0.05, 0) is 37.5 Å². The molecule has 0 bridgehead atoms. The third-order valence-electron chi connectivity index (χ3n) is 3.30. The van der Waals surface area contributed by atoms with Gasteiger partial charge in [-0.1, -0.05) is 30.3 Å². The summed E-state index contributed by atoms with van der Waals surface area (Å²) < 4.78 is 5.35. The molecule has 0 aliphatic carbocycles. The van der Waals surface area contributed by atoms with E-state index in [4.69, 9.17) is 4.74 Å². The highest BCUT2D eigenvalue weighted by molar-refractivity contribution is 5.89. The van der Waals surface area contributed by atoms with Crippen LogP contribution in [0.25, 0.3) is 0 Å². The van der Waals surface area contributed by atoms with Gasteiger partial charge in [0.15, 0.2) is 0 Å². The average Bonchev–Trinajstić information content (AvgIpc) is 2.54. The number of hydrogen-bond donors (Lipinski definition) is 0. The summed E-state index contributed by atoms with van der Waals surface area (Å²) in [5.41, 5.74) is 1.46. The van der Waals surface area contributed by atoms with E-state index in [1.807, 2.05) is 37.3 Å². The van der Waals surface area contributed by atoms with Crippen LogP contribution in [0.1, 0.15) is 29.3 Å². The van der Waals surface area contributed by atoms with Gasteiger partial charge in [-0.2, -0.15) is 0 Å². The number of rotatable bonds is 6. The van der Waals surface area contributed by atoms with Crippen LogP contribution in [0.5, 0.6) is 0 Å². The lowest BCUT2D eigenvalue weighted by atomic mass is 10.1. The van der Waals surface area contributed by atoms with Crippen LogP contribution in [-0.4, -0.2) is 17.0 Å². The summed E-state index contributed by atoms with van der Waals surface area (Å²) in [6.45, 7) is 1.84. The summed E-state index contributed by atoms with van der Waals surface area (Å²) in [6, 6.07) is 15.4. The minimum atomic E-state index is -0.502. The standard InChI is InChI=1S/C17H17NO4/c1-13(7-8-14-5-3-2-4-6-14)22-17(19)15-9-11-16(12-10-15)18(20)21/h2-6,9-13H,7-8H2,1H3. The lowest BCUT2D eigenvalue weighted by Gasteiger charge is -2.13. The maximum Gasteiger partial charge on any atom is 0.338 e. The van der Waals surface area contributed by atoms with Gasteiger partial charge in [0, 0.05) is 12.1 Å². The minimum Gasteiger partial charge on any atom is -0.459 e. The molecule has 2 aromatic carbocycles. The Morgan fingerprint density at radius 1 is 1.14 bits per heavy atom. The number of nitrogens with zero attached hydrogens (tertiary/aromatic N) is 1. The van der Waals surface area contributed by atoms with Gasteiger partial charge in [-0.3, -0.25) is 10.1 Å². The molecule has 0 aliphatic rings. The Kier molecular flexibility index (Phi) is 5.25. The molecule has 114 valence electrons. The lowest BCUT2D eigenvalue weighted by Crippen LogP contribution is -2.15. The van der Waals surface area contributed by atoms with Crippen molar-refractivity contribution in [3.8, 4) is 0 Å². The molecule has 22 heavy (non-hydrogen) atoms. The number of esters is 1. The van der Waals surface area contributed by atoms with Gasteiger partial charge in [0.05, 0.1) is 16.6 Å². The van der Waals surface area contributed by atoms with E-state index in [1.165, 1.54) is 29.8 Å². The highest BCUT2D eigenvalue weighted by atomic mass is 16.6. The Bertz CT molecular complexity index is 637. The second-order valence-corrected chi connectivity index (χ2v) is 5.04. The first kappa shape index (κ1) is 15.7. The number of nitro benzene ring substituents is 1. The summed E-state index contributed by atoms with van der Waals surface area (Å²) in [7, 11) is 0. The molecule has 5 nitrogen and oxygen atoms in total. The molecule has 1 atom stereocenters. The summed E-state index contributed by atoms with van der Waals surface area (Å²) >= 11 is 0. The SMILES string of the molecule is CC(CCc1ccccc1)OC(=O)c1ccc([N+](=O)[O-])cc1. The molecule has 0 spiro atoms. The Balaban J connectivity index is 1.86. The maximum absolute atomic E-state index is 12.0. The van der Waals surface area contributed by atoms with Crippen molar-refractivity contribution in [2.75, 3.05) is 0 Å². The van der Waals surface area contributed by atoms with Crippen LogP contribution >= 0.6 is 0 Å². The predicted molar refractivity (Wildman–Crippen MR) is 82.7 cm³/mol. The molecule has 2 aromatic rings. The highest BCUT2D eigenvalue weighted by Crippen LogP contribution is 2.14. The van der Waals surface area contributed by atoms with E-state index in [0.717, 1.165) is 12.8 Å². The number of carbonyl (C=O) groups excluding carboxylic acids is 1. The topological polar surface area (TPSA) is 69.4 Å². The van der Waals surface area contributed by atoms with E-state index in [9.17, 15) is 14.9 Å². The van der Waals surface area contributed by atoms with Gasteiger partial charge in [-0.15, -0.1) is 0 Å². The largest absolute Gasteiger partial charge is 0.459 e. The summed E-state index contributed by atoms with van der Waals surface area (Å²) in [4.78, 5) is 22.0. The van der Waals surface area contributed by atoms with Crippen LogP contribution in [0.2, 0.25) is 0 Å². The quantitative estimate of drug-likeness (QED) is 0.462. The Labute approximate surface area is 128 Å².